The number of hydrogen-bond acceptors (Lipinski definition) is 2. The van der Waals surface area contributed by atoms with E-state index in [0.717, 1.165) is 25.1 Å². The molecule has 0 saturated heterocycles. The van der Waals surface area contributed by atoms with Crippen LogP contribution in [0, 0.1) is 0 Å². The fourth-order valence-corrected chi connectivity index (χ4v) is 2.38. The molecule has 0 aliphatic heterocycles. The number of aryl methyl sites for hydroxylation is 1. The molecule has 1 aliphatic carbocycles. The lowest BCUT2D eigenvalue weighted by Gasteiger charge is -2.20. The first kappa shape index (κ1) is 13.9. The van der Waals surface area contributed by atoms with E-state index in [1.54, 1.807) is 0 Å². The van der Waals surface area contributed by atoms with Crippen LogP contribution in [0.1, 0.15) is 38.7 Å². The normalized spacial score (nSPS) is 14.2. The Labute approximate surface area is 116 Å². The first-order valence-electron chi connectivity index (χ1n) is 7.36. The number of nitrogens with one attached hydrogen (secondary N) is 1. The van der Waals surface area contributed by atoms with E-state index in [1.807, 2.05) is 4.90 Å². The highest BCUT2D eigenvalue weighted by molar-refractivity contribution is 5.81. The molecular formula is C16H24N2O. The number of likely N-dealkylation sites (N-methyl/N-ethyl adjacent to an activating group) is 1. The molecule has 3 heteroatoms. The SMILES string of the molecule is CCCc1ccc(NCC(=O)N(CC)C2CC2)cc1. The van der Waals surface area contributed by atoms with Crippen LogP contribution >= 0.6 is 0 Å². The van der Waals surface area contributed by atoms with Crippen LogP contribution in [-0.2, 0) is 11.2 Å². The van der Waals surface area contributed by atoms with Gasteiger partial charge in [-0.25, -0.2) is 0 Å². The van der Waals surface area contributed by atoms with Crippen LogP contribution in [0.5, 0.6) is 0 Å². The average Bonchev–Trinajstić information content (AvgIpc) is 3.24. The number of amides is 1. The summed E-state index contributed by atoms with van der Waals surface area (Å²) in [5.41, 5.74) is 2.38. The molecule has 0 heterocycles. The highest BCUT2D eigenvalue weighted by Gasteiger charge is 2.30. The van der Waals surface area contributed by atoms with Gasteiger partial charge in [0.1, 0.15) is 0 Å². The third-order valence-electron chi connectivity index (χ3n) is 3.59. The summed E-state index contributed by atoms with van der Waals surface area (Å²) in [6.07, 6.45) is 4.62. The van der Waals surface area contributed by atoms with Crippen molar-refractivity contribution in [3.8, 4) is 0 Å². The molecule has 1 N–H and O–H groups in total. The van der Waals surface area contributed by atoms with E-state index < -0.39 is 0 Å². The van der Waals surface area contributed by atoms with Crippen molar-refractivity contribution < 1.29 is 4.79 Å². The standard InChI is InChI=1S/C16H24N2O/c1-3-5-13-6-8-14(9-7-13)17-12-16(19)18(4-2)15-10-11-15/h6-9,15,17H,3-5,10-12H2,1-2H3. The zero-order valence-electron chi connectivity index (χ0n) is 12.0. The molecule has 0 atom stereocenters. The quantitative estimate of drug-likeness (QED) is 0.817. The molecule has 2 rings (SSSR count). The van der Waals surface area contributed by atoms with Crippen molar-refractivity contribution in [2.45, 2.75) is 45.6 Å². The maximum Gasteiger partial charge on any atom is 0.242 e. The summed E-state index contributed by atoms with van der Waals surface area (Å²) in [7, 11) is 0. The van der Waals surface area contributed by atoms with Gasteiger partial charge in [-0.1, -0.05) is 25.5 Å². The van der Waals surface area contributed by atoms with Gasteiger partial charge in [-0.2, -0.15) is 0 Å². The maximum atomic E-state index is 12.1. The monoisotopic (exact) mass is 260 g/mol. The lowest BCUT2D eigenvalue weighted by atomic mass is 10.1. The molecule has 1 saturated carbocycles. The minimum absolute atomic E-state index is 0.211. The van der Waals surface area contributed by atoms with E-state index in [9.17, 15) is 4.79 Å². The maximum absolute atomic E-state index is 12.1. The van der Waals surface area contributed by atoms with Gasteiger partial charge in [0, 0.05) is 18.3 Å². The summed E-state index contributed by atoms with van der Waals surface area (Å²) in [6.45, 7) is 5.45. The molecule has 19 heavy (non-hydrogen) atoms. The zero-order chi connectivity index (χ0) is 13.7. The Morgan fingerprint density at radius 3 is 2.47 bits per heavy atom. The highest BCUT2D eigenvalue weighted by Crippen LogP contribution is 2.26. The van der Waals surface area contributed by atoms with Crippen LogP contribution in [0.2, 0.25) is 0 Å². The predicted molar refractivity (Wildman–Crippen MR) is 79.3 cm³/mol. The number of nitrogens with zero attached hydrogens (tertiary/aromatic N) is 1. The van der Waals surface area contributed by atoms with E-state index >= 15 is 0 Å². The second kappa shape index (κ2) is 6.60. The van der Waals surface area contributed by atoms with Gasteiger partial charge >= 0.3 is 0 Å². The third-order valence-corrected chi connectivity index (χ3v) is 3.59. The van der Waals surface area contributed by atoms with Gasteiger partial charge < -0.3 is 10.2 Å². The number of anilines is 1. The molecule has 0 radical (unpaired) electrons. The van der Waals surface area contributed by atoms with E-state index in [0.29, 0.717) is 12.6 Å². The highest BCUT2D eigenvalue weighted by atomic mass is 16.2. The molecule has 1 aromatic rings. The molecule has 3 nitrogen and oxygen atoms in total. The smallest absolute Gasteiger partial charge is 0.242 e. The van der Waals surface area contributed by atoms with E-state index in [4.69, 9.17) is 0 Å². The summed E-state index contributed by atoms with van der Waals surface area (Å²) in [6, 6.07) is 8.90. The Morgan fingerprint density at radius 1 is 1.26 bits per heavy atom. The summed E-state index contributed by atoms with van der Waals surface area (Å²) in [4.78, 5) is 14.0. The summed E-state index contributed by atoms with van der Waals surface area (Å²) < 4.78 is 0. The average molecular weight is 260 g/mol. The van der Waals surface area contributed by atoms with Crippen LogP contribution in [0.4, 0.5) is 5.69 Å². The molecule has 0 unspecified atom stereocenters. The van der Waals surface area contributed by atoms with Crippen LogP contribution < -0.4 is 5.32 Å². The molecule has 1 fully saturated rings. The van der Waals surface area contributed by atoms with E-state index in [-0.39, 0.29) is 5.91 Å². The summed E-state index contributed by atoms with van der Waals surface area (Å²) >= 11 is 0. The Hall–Kier alpha value is -1.51. The number of carbonyl (C=O) groups is 1. The fourth-order valence-electron chi connectivity index (χ4n) is 2.38. The van der Waals surface area contributed by atoms with Crippen LogP contribution in [0.25, 0.3) is 0 Å². The zero-order valence-corrected chi connectivity index (χ0v) is 12.0. The summed E-state index contributed by atoms with van der Waals surface area (Å²) in [5.74, 6) is 0.211. The lowest BCUT2D eigenvalue weighted by molar-refractivity contribution is -0.129. The van der Waals surface area contributed by atoms with Gasteiger partial charge in [-0.15, -0.1) is 0 Å². The number of hydrogen-bond donors (Lipinski definition) is 1. The lowest BCUT2D eigenvalue weighted by Crippen LogP contribution is -2.37. The topological polar surface area (TPSA) is 32.3 Å². The predicted octanol–water partition coefficient (Wildman–Crippen LogP) is 3.06. The van der Waals surface area contributed by atoms with Crippen LogP contribution in [0.3, 0.4) is 0 Å². The third kappa shape index (κ3) is 3.98. The Bertz CT molecular complexity index is 409. The molecular weight excluding hydrogens is 236 g/mol. The summed E-state index contributed by atoms with van der Waals surface area (Å²) in [5, 5.41) is 3.22. The first-order valence-corrected chi connectivity index (χ1v) is 7.36. The second-order valence-corrected chi connectivity index (χ2v) is 5.21. The van der Waals surface area contributed by atoms with E-state index in [1.165, 1.54) is 18.4 Å². The molecule has 1 aromatic carbocycles. The first-order chi connectivity index (χ1) is 9.24. The van der Waals surface area contributed by atoms with Crippen molar-refractivity contribution >= 4 is 11.6 Å². The van der Waals surface area contributed by atoms with Crippen LogP contribution in [-0.4, -0.2) is 29.9 Å². The van der Waals surface area contributed by atoms with Gasteiger partial charge in [0.2, 0.25) is 5.91 Å². The Morgan fingerprint density at radius 2 is 1.95 bits per heavy atom. The van der Waals surface area contributed by atoms with Crippen molar-refractivity contribution in [3.63, 3.8) is 0 Å². The van der Waals surface area contributed by atoms with Gasteiger partial charge in [-0.3, -0.25) is 4.79 Å². The molecule has 1 aliphatic rings. The van der Waals surface area contributed by atoms with Gasteiger partial charge in [0.25, 0.3) is 0 Å². The molecule has 104 valence electrons. The molecule has 1 amide bonds. The van der Waals surface area contributed by atoms with Crippen molar-refractivity contribution in [2.75, 3.05) is 18.4 Å². The van der Waals surface area contributed by atoms with Gasteiger partial charge in [0.05, 0.1) is 6.54 Å². The van der Waals surface area contributed by atoms with Crippen molar-refractivity contribution in [2.24, 2.45) is 0 Å². The minimum atomic E-state index is 0.211. The van der Waals surface area contributed by atoms with Crippen molar-refractivity contribution in [1.29, 1.82) is 0 Å². The Kier molecular flexibility index (Phi) is 4.83. The molecule has 0 spiro atoms. The minimum Gasteiger partial charge on any atom is -0.376 e. The number of rotatable bonds is 7. The van der Waals surface area contributed by atoms with Crippen LogP contribution in [0.15, 0.2) is 24.3 Å². The van der Waals surface area contributed by atoms with E-state index in [2.05, 4.69) is 43.4 Å². The fraction of sp³-hybridized carbons (Fsp3) is 0.562. The molecule has 0 bridgehead atoms. The second-order valence-electron chi connectivity index (χ2n) is 5.21. The van der Waals surface area contributed by atoms with Gasteiger partial charge in [-0.05, 0) is 43.9 Å². The molecule has 0 aromatic heterocycles. The number of carbonyl (C=O) groups excluding carboxylic acids is 1. The number of benzene rings is 1. The van der Waals surface area contributed by atoms with Crippen molar-refractivity contribution in [3.05, 3.63) is 29.8 Å². The van der Waals surface area contributed by atoms with Gasteiger partial charge in [0.15, 0.2) is 0 Å². The Balaban J connectivity index is 1.82. The largest absolute Gasteiger partial charge is 0.376 e. The van der Waals surface area contributed by atoms with Crippen molar-refractivity contribution in [1.82, 2.24) is 4.90 Å².